The van der Waals surface area contributed by atoms with E-state index < -0.39 is 17.7 Å². The lowest BCUT2D eigenvalue weighted by Gasteiger charge is -2.28. The Kier molecular flexibility index (Phi) is 7.18. The molecule has 31 heavy (non-hydrogen) atoms. The highest BCUT2D eigenvalue weighted by atomic mass is 32.1. The molecule has 0 radical (unpaired) electrons. The summed E-state index contributed by atoms with van der Waals surface area (Å²) in [6.45, 7) is 10.8. The first-order valence-corrected chi connectivity index (χ1v) is 11.4. The molecule has 2 heterocycles. The number of aliphatic hydroxyl groups excluding tert-OH is 1. The van der Waals surface area contributed by atoms with Crippen molar-refractivity contribution >= 4 is 28.8 Å². The first-order valence-electron chi connectivity index (χ1n) is 10.5. The van der Waals surface area contributed by atoms with Crippen molar-refractivity contribution < 1.29 is 19.4 Å². The topological polar surface area (TPSA) is 70.1 Å². The van der Waals surface area contributed by atoms with Gasteiger partial charge in [0.2, 0.25) is 0 Å². The van der Waals surface area contributed by atoms with E-state index in [4.69, 9.17) is 4.74 Å². The monoisotopic (exact) mass is 442 g/mol. The van der Waals surface area contributed by atoms with Crippen molar-refractivity contribution in [3.63, 3.8) is 0 Å². The molecule has 1 fully saturated rings. The van der Waals surface area contributed by atoms with Crippen molar-refractivity contribution in [1.82, 2.24) is 9.80 Å². The molecule has 1 N–H and O–H groups in total. The Morgan fingerprint density at radius 3 is 2.48 bits per heavy atom. The average Bonchev–Trinajstić information content (AvgIpc) is 3.29. The summed E-state index contributed by atoms with van der Waals surface area (Å²) in [6, 6.07) is 6.76. The number of aliphatic hydroxyl groups is 1. The van der Waals surface area contributed by atoms with Crippen LogP contribution in [0.2, 0.25) is 0 Å². The Morgan fingerprint density at radius 1 is 1.19 bits per heavy atom. The number of carbonyl (C=O) groups excluding carboxylic acids is 2. The number of Topliss-reactive ketones (excluding diaryl/α,β-unsaturated/α-hetero) is 1. The first-order chi connectivity index (χ1) is 14.8. The smallest absolute Gasteiger partial charge is 0.295 e. The number of benzene rings is 1. The lowest BCUT2D eigenvalue weighted by Crippen LogP contribution is -2.37. The molecule has 1 amide bonds. The Balaban J connectivity index is 2.15. The van der Waals surface area contributed by atoms with Gasteiger partial charge in [0, 0.05) is 18.0 Å². The molecule has 1 aliphatic rings. The Hall–Kier alpha value is -2.64. The Labute approximate surface area is 187 Å². The van der Waals surface area contributed by atoms with Crippen LogP contribution in [0.15, 0.2) is 35.2 Å². The van der Waals surface area contributed by atoms with Crippen molar-refractivity contribution in [2.75, 3.05) is 33.3 Å². The summed E-state index contributed by atoms with van der Waals surface area (Å²) in [5, 5.41) is 13.2. The molecule has 1 saturated heterocycles. The van der Waals surface area contributed by atoms with Gasteiger partial charge in [-0.1, -0.05) is 25.5 Å². The van der Waals surface area contributed by atoms with E-state index in [-0.39, 0.29) is 11.3 Å². The van der Waals surface area contributed by atoms with Gasteiger partial charge in [-0.2, -0.15) is 0 Å². The predicted molar refractivity (Wildman–Crippen MR) is 124 cm³/mol. The van der Waals surface area contributed by atoms with E-state index in [0.717, 1.165) is 29.1 Å². The molecule has 166 valence electrons. The third-order valence-corrected chi connectivity index (χ3v) is 6.92. The van der Waals surface area contributed by atoms with Gasteiger partial charge in [-0.3, -0.25) is 9.59 Å². The highest BCUT2D eigenvalue weighted by Gasteiger charge is 2.47. The van der Waals surface area contributed by atoms with Crippen LogP contribution in [0.5, 0.6) is 5.75 Å². The largest absolute Gasteiger partial charge is 0.507 e. The minimum absolute atomic E-state index is 0.124. The van der Waals surface area contributed by atoms with E-state index in [1.165, 1.54) is 18.4 Å². The number of aryl methyl sites for hydroxylation is 2. The molecule has 3 rings (SSSR count). The lowest BCUT2D eigenvalue weighted by molar-refractivity contribution is -0.140. The minimum Gasteiger partial charge on any atom is -0.507 e. The molecule has 1 atom stereocenters. The molecule has 0 bridgehead atoms. The summed E-state index contributed by atoms with van der Waals surface area (Å²) < 4.78 is 5.42. The van der Waals surface area contributed by atoms with Gasteiger partial charge in [0.1, 0.15) is 11.5 Å². The number of carbonyl (C=O) groups is 2. The molecular weight excluding hydrogens is 412 g/mol. The average molecular weight is 443 g/mol. The van der Waals surface area contributed by atoms with Crippen LogP contribution in [0, 0.1) is 13.8 Å². The zero-order valence-electron chi connectivity index (χ0n) is 18.8. The molecule has 1 aliphatic heterocycles. The number of rotatable bonds is 8. The van der Waals surface area contributed by atoms with Crippen LogP contribution in [0.4, 0.5) is 0 Å². The van der Waals surface area contributed by atoms with Gasteiger partial charge in [0.25, 0.3) is 11.7 Å². The zero-order valence-corrected chi connectivity index (χ0v) is 19.6. The van der Waals surface area contributed by atoms with Crippen LogP contribution in [0.1, 0.15) is 41.5 Å². The van der Waals surface area contributed by atoms with E-state index in [0.29, 0.717) is 24.4 Å². The molecule has 6 nitrogen and oxygen atoms in total. The number of likely N-dealkylation sites (N-methyl/N-ethyl adjacent to an activating group) is 1. The second kappa shape index (κ2) is 9.66. The Bertz CT molecular complexity index is 1010. The number of hydrogen-bond acceptors (Lipinski definition) is 6. The number of amides is 1. The van der Waals surface area contributed by atoms with E-state index >= 15 is 0 Å². The van der Waals surface area contributed by atoms with Crippen LogP contribution in [-0.4, -0.2) is 59.9 Å². The summed E-state index contributed by atoms with van der Waals surface area (Å²) in [7, 11) is 1.52. The van der Waals surface area contributed by atoms with E-state index in [2.05, 4.69) is 18.7 Å². The molecule has 1 aromatic carbocycles. The third-order valence-electron chi connectivity index (χ3n) is 5.85. The maximum absolute atomic E-state index is 13.2. The number of thiophene rings is 1. The minimum atomic E-state index is -0.654. The van der Waals surface area contributed by atoms with Gasteiger partial charge in [-0.05, 0) is 56.1 Å². The second-order valence-electron chi connectivity index (χ2n) is 7.69. The summed E-state index contributed by atoms with van der Waals surface area (Å²) in [4.78, 5) is 30.9. The maximum atomic E-state index is 13.2. The molecular formula is C24H30N2O4S. The summed E-state index contributed by atoms with van der Waals surface area (Å²) >= 11 is 1.49. The number of ether oxygens (including phenoxy) is 1. The number of nitrogens with zero attached hydrogens (tertiary/aromatic N) is 2. The first kappa shape index (κ1) is 23.0. The number of ketones is 1. The van der Waals surface area contributed by atoms with E-state index in [9.17, 15) is 14.7 Å². The molecule has 0 saturated carbocycles. The van der Waals surface area contributed by atoms with Crippen molar-refractivity contribution in [2.24, 2.45) is 0 Å². The third kappa shape index (κ3) is 4.38. The second-order valence-corrected chi connectivity index (χ2v) is 8.64. The molecule has 2 aromatic rings. The fraction of sp³-hybridized carbons (Fsp3) is 0.417. The summed E-state index contributed by atoms with van der Waals surface area (Å²) in [5.74, 6) is -0.960. The highest BCUT2D eigenvalue weighted by molar-refractivity contribution is 7.10. The van der Waals surface area contributed by atoms with E-state index in [1.54, 1.807) is 17.0 Å². The Morgan fingerprint density at radius 2 is 1.90 bits per heavy atom. The van der Waals surface area contributed by atoms with Crippen molar-refractivity contribution in [3.05, 3.63) is 56.8 Å². The standard InChI is InChI=1S/C24H30N2O4S/c1-6-25(7-2)11-12-26-20(23-16(4)10-13-31-23)19(22(28)24(26)29)21(27)17-14-15(3)8-9-18(17)30-5/h8-10,13-14,20,27H,6-7,11-12H2,1-5H3/b21-19+. The van der Waals surface area contributed by atoms with Gasteiger partial charge in [0.05, 0.1) is 24.3 Å². The van der Waals surface area contributed by atoms with Gasteiger partial charge >= 0.3 is 0 Å². The van der Waals surface area contributed by atoms with E-state index in [1.807, 2.05) is 31.4 Å². The maximum Gasteiger partial charge on any atom is 0.295 e. The zero-order chi connectivity index (χ0) is 22.7. The van der Waals surface area contributed by atoms with Crippen LogP contribution in [0.3, 0.4) is 0 Å². The van der Waals surface area contributed by atoms with Crippen LogP contribution in [-0.2, 0) is 9.59 Å². The van der Waals surface area contributed by atoms with Crippen LogP contribution in [0.25, 0.3) is 5.76 Å². The molecule has 0 aliphatic carbocycles. The predicted octanol–water partition coefficient (Wildman–Crippen LogP) is 4.14. The fourth-order valence-electron chi connectivity index (χ4n) is 3.99. The van der Waals surface area contributed by atoms with Gasteiger partial charge < -0.3 is 19.6 Å². The lowest BCUT2D eigenvalue weighted by atomic mass is 9.97. The molecule has 1 aromatic heterocycles. The number of hydrogen-bond donors (Lipinski definition) is 1. The van der Waals surface area contributed by atoms with Gasteiger partial charge in [-0.25, -0.2) is 0 Å². The van der Waals surface area contributed by atoms with Crippen LogP contribution < -0.4 is 4.74 Å². The fourth-order valence-corrected chi connectivity index (χ4v) is 5.04. The van der Waals surface area contributed by atoms with Crippen LogP contribution >= 0.6 is 11.3 Å². The van der Waals surface area contributed by atoms with Crippen molar-refractivity contribution in [1.29, 1.82) is 0 Å². The van der Waals surface area contributed by atoms with Gasteiger partial charge in [0.15, 0.2) is 0 Å². The van der Waals surface area contributed by atoms with Gasteiger partial charge in [-0.15, -0.1) is 11.3 Å². The highest BCUT2D eigenvalue weighted by Crippen LogP contribution is 2.43. The summed E-state index contributed by atoms with van der Waals surface area (Å²) in [5.41, 5.74) is 2.45. The molecule has 0 spiro atoms. The van der Waals surface area contributed by atoms with Crippen molar-refractivity contribution in [3.8, 4) is 5.75 Å². The van der Waals surface area contributed by atoms with Crippen molar-refractivity contribution in [2.45, 2.75) is 33.7 Å². The quantitative estimate of drug-likeness (QED) is 0.378. The SMILES string of the molecule is CCN(CC)CCN1C(=O)C(=O)/C(=C(/O)c2cc(C)ccc2OC)C1c1sccc1C. The molecule has 1 unspecified atom stereocenters. The normalized spacial score (nSPS) is 18.3. The number of methoxy groups -OCH3 is 1. The number of likely N-dealkylation sites (tertiary alicyclic amines) is 1. The molecule has 7 heteroatoms. The summed E-state index contributed by atoms with van der Waals surface area (Å²) in [6.07, 6.45) is 0.